The first-order chi connectivity index (χ1) is 8.29. The summed E-state index contributed by atoms with van der Waals surface area (Å²) in [4.78, 5) is 0. The normalized spacial score (nSPS) is 44.3. The van der Waals surface area contributed by atoms with Crippen LogP contribution in [-0.2, 0) is 4.74 Å². The number of thioether (sulfide) groups is 1. The molecule has 3 aliphatic rings. The highest BCUT2D eigenvalue weighted by Crippen LogP contribution is 2.42. The predicted octanol–water partition coefficient (Wildman–Crippen LogP) is 2.38. The van der Waals surface area contributed by atoms with Crippen molar-refractivity contribution in [1.29, 1.82) is 0 Å². The molecular formula is C13H22FNOS. The lowest BCUT2D eigenvalue weighted by molar-refractivity contribution is -0.0942. The lowest BCUT2D eigenvalue weighted by atomic mass is 9.80. The second-order valence-corrected chi connectivity index (χ2v) is 6.84. The van der Waals surface area contributed by atoms with Crippen LogP contribution in [0.3, 0.4) is 0 Å². The third-order valence-corrected chi connectivity index (χ3v) is 5.75. The van der Waals surface area contributed by atoms with Crippen LogP contribution in [0.1, 0.15) is 32.1 Å². The quantitative estimate of drug-likeness (QED) is 0.822. The number of hydrogen-bond donors (Lipinski definition) is 1. The van der Waals surface area contributed by atoms with Gasteiger partial charge in [0.2, 0.25) is 0 Å². The Morgan fingerprint density at radius 3 is 3.06 bits per heavy atom. The van der Waals surface area contributed by atoms with Crippen molar-refractivity contribution in [3.05, 3.63) is 0 Å². The van der Waals surface area contributed by atoms with Crippen LogP contribution < -0.4 is 5.32 Å². The van der Waals surface area contributed by atoms with Crippen LogP contribution in [0.15, 0.2) is 0 Å². The van der Waals surface area contributed by atoms with Crippen LogP contribution in [0.5, 0.6) is 0 Å². The summed E-state index contributed by atoms with van der Waals surface area (Å²) in [7, 11) is 0. The number of nitrogens with one attached hydrogen (secondary N) is 1. The highest BCUT2D eigenvalue weighted by molar-refractivity contribution is 7.99. The minimum Gasteiger partial charge on any atom is -0.374 e. The summed E-state index contributed by atoms with van der Waals surface area (Å²) in [5, 5.41) is 3.31. The molecule has 0 radical (unpaired) electrons. The first-order valence-electron chi connectivity index (χ1n) is 6.88. The van der Waals surface area contributed by atoms with Crippen LogP contribution in [0.25, 0.3) is 0 Å². The topological polar surface area (TPSA) is 21.3 Å². The molecule has 98 valence electrons. The fraction of sp³-hybridized carbons (Fsp3) is 1.00. The summed E-state index contributed by atoms with van der Waals surface area (Å²) in [5.41, 5.74) is 0.0243. The maximum absolute atomic E-state index is 14.5. The highest BCUT2D eigenvalue weighted by atomic mass is 32.2. The molecule has 4 heteroatoms. The molecule has 0 aliphatic carbocycles. The molecule has 17 heavy (non-hydrogen) atoms. The Morgan fingerprint density at radius 1 is 1.41 bits per heavy atom. The van der Waals surface area contributed by atoms with Crippen molar-refractivity contribution in [2.45, 2.75) is 49.9 Å². The molecule has 2 nitrogen and oxygen atoms in total. The van der Waals surface area contributed by atoms with Gasteiger partial charge in [0, 0.05) is 18.4 Å². The van der Waals surface area contributed by atoms with Crippen LogP contribution in [-0.4, -0.2) is 42.5 Å². The molecule has 0 aromatic heterocycles. The number of halogens is 1. The summed E-state index contributed by atoms with van der Waals surface area (Å²) in [6.07, 6.45) is 4.46. The maximum atomic E-state index is 14.5. The highest BCUT2D eigenvalue weighted by Gasteiger charge is 2.44. The Hall–Kier alpha value is 0.200. The molecule has 3 fully saturated rings. The molecule has 3 aliphatic heterocycles. The van der Waals surface area contributed by atoms with Crippen molar-refractivity contribution in [3.8, 4) is 0 Å². The van der Waals surface area contributed by atoms with Crippen molar-refractivity contribution < 1.29 is 9.13 Å². The average Bonchev–Trinajstić information content (AvgIpc) is 3.00. The fourth-order valence-corrected chi connectivity index (χ4v) is 4.89. The molecule has 0 aromatic carbocycles. The van der Waals surface area contributed by atoms with E-state index in [1.165, 1.54) is 5.75 Å². The molecule has 0 saturated carbocycles. The van der Waals surface area contributed by atoms with Crippen molar-refractivity contribution >= 4 is 11.8 Å². The van der Waals surface area contributed by atoms with E-state index in [0.29, 0.717) is 0 Å². The number of hydrogen-bond acceptors (Lipinski definition) is 3. The SMILES string of the molecule is FC(C1CCOC2(CCSC2)C1)C1CCCN1. The minimum atomic E-state index is -0.663. The zero-order valence-corrected chi connectivity index (χ0v) is 11.1. The molecule has 4 unspecified atom stereocenters. The van der Waals surface area contributed by atoms with Crippen LogP contribution >= 0.6 is 11.8 Å². The van der Waals surface area contributed by atoms with E-state index in [4.69, 9.17) is 4.74 Å². The molecule has 1 N–H and O–H groups in total. The van der Waals surface area contributed by atoms with E-state index in [2.05, 4.69) is 5.32 Å². The monoisotopic (exact) mass is 259 g/mol. The summed E-state index contributed by atoms with van der Waals surface area (Å²) in [5.74, 6) is 2.48. The molecule has 0 aromatic rings. The van der Waals surface area contributed by atoms with E-state index in [1.807, 2.05) is 11.8 Å². The van der Waals surface area contributed by atoms with Gasteiger partial charge in [0.25, 0.3) is 0 Å². The first kappa shape index (κ1) is 12.2. The van der Waals surface area contributed by atoms with E-state index in [1.54, 1.807) is 0 Å². The van der Waals surface area contributed by atoms with Gasteiger partial charge in [-0.1, -0.05) is 0 Å². The van der Waals surface area contributed by atoms with E-state index in [9.17, 15) is 4.39 Å². The molecule has 3 heterocycles. The van der Waals surface area contributed by atoms with Crippen molar-refractivity contribution in [2.24, 2.45) is 5.92 Å². The Balaban J connectivity index is 1.62. The number of alkyl halides is 1. The van der Waals surface area contributed by atoms with E-state index < -0.39 is 6.17 Å². The molecule has 0 amide bonds. The molecule has 4 atom stereocenters. The molecule has 3 rings (SSSR count). The van der Waals surface area contributed by atoms with Gasteiger partial charge >= 0.3 is 0 Å². The van der Waals surface area contributed by atoms with Gasteiger partial charge in [0.15, 0.2) is 0 Å². The van der Waals surface area contributed by atoms with Crippen molar-refractivity contribution in [2.75, 3.05) is 24.7 Å². The third kappa shape index (κ3) is 2.49. The van der Waals surface area contributed by atoms with Crippen LogP contribution in [0.2, 0.25) is 0 Å². The van der Waals surface area contributed by atoms with E-state index in [0.717, 1.165) is 51.0 Å². The Bertz CT molecular complexity index is 264. The lowest BCUT2D eigenvalue weighted by Crippen LogP contribution is -2.46. The van der Waals surface area contributed by atoms with Gasteiger partial charge < -0.3 is 10.1 Å². The molecule has 1 spiro atoms. The van der Waals surface area contributed by atoms with Crippen molar-refractivity contribution in [1.82, 2.24) is 5.32 Å². The van der Waals surface area contributed by atoms with Gasteiger partial charge in [-0.2, -0.15) is 11.8 Å². The van der Waals surface area contributed by atoms with Gasteiger partial charge in [-0.3, -0.25) is 0 Å². The fourth-order valence-electron chi connectivity index (χ4n) is 3.51. The smallest absolute Gasteiger partial charge is 0.118 e. The largest absolute Gasteiger partial charge is 0.374 e. The summed E-state index contributed by atoms with van der Waals surface area (Å²) in [6.45, 7) is 1.76. The maximum Gasteiger partial charge on any atom is 0.118 e. The number of rotatable bonds is 2. The van der Waals surface area contributed by atoms with Gasteiger partial charge in [0.1, 0.15) is 6.17 Å². The number of ether oxygens (including phenoxy) is 1. The van der Waals surface area contributed by atoms with Gasteiger partial charge in [-0.05, 0) is 50.3 Å². The minimum absolute atomic E-state index is 0.0243. The van der Waals surface area contributed by atoms with Gasteiger partial charge in [-0.25, -0.2) is 4.39 Å². The van der Waals surface area contributed by atoms with Crippen molar-refractivity contribution in [3.63, 3.8) is 0 Å². The Labute approximate surface area is 107 Å². The van der Waals surface area contributed by atoms with E-state index in [-0.39, 0.29) is 17.6 Å². The zero-order valence-electron chi connectivity index (χ0n) is 10.3. The predicted molar refractivity (Wildman–Crippen MR) is 69.3 cm³/mol. The van der Waals surface area contributed by atoms with Crippen LogP contribution in [0, 0.1) is 5.92 Å². The molecular weight excluding hydrogens is 237 g/mol. The summed E-state index contributed by atoms with van der Waals surface area (Å²) >= 11 is 1.96. The standard InChI is InChI=1S/C13H22FNOS/c14-12(11-2-1-5-15-11)10-3-6-16-13(8-10)4-7-17-9-13/h10-12,15H,1-9H2. The Morgan fingerprint density at radius 2 is 2.35 bits per heavy atom. The summed E-state index contributed by atoms with van der Waals surface area (Å²) < 4.78 is 20.5. The molecule has 0 bridgehead atoms. The molecule has 3 saturated heterocycles. The second-order valence-electron chi connectivity index (χ2n) is 5.73. The second kappa shape index (κ2) is 5.06. The lowest BCUT2D eigenvalue weighted by Gasteiger charge is -2.40. The summed E-state index contributed by atoms with van der Waals surface area (Å²) in [6, 6.07) is 0.115. The first-order valence-corrected chi connectivity index (χ1v) is 8.04. The van der Waals surface area contributed by atoms with E-state index >= 15 is 0 Å². The van der Waals surface area contributed by atoms with Gasteiger partial charge in [0.05, 0.1) is 5.60 Å². The average molecular weight is 259 g/mol. The Kier molecular flexibility index (Phi) is 3.64. The van der Waals surface area contributed by atoms with Gasteiger partial charge in [-0.15, -0.1) is 0 Å². The third-order valence-electron chi connectivity index (χ3n) is 4.53. The van der Waals surface area contributed by atoms with Crippen LogP contribution in [0.4, 0.5) is 4.39 Å². The zero-order chi connectivity index (χ0) is 11.7.